The maximum Gasteiger partial charge on any atom is 0.145 e. The summed E-state index contributed by atoms with van der Waals surface area (Å²) in [7, 11) is 0. The Morgan fingerprint density at radius 3 is 2.67 bits per heavy atom. The fraction of sp³-hybridized carbons (Fsp3) is 0.0455. The van der Waals surface area contributed by atoms with Gasteiger partial charge in [-0.1, -0.05) is 54.6 Å². The van der Waals surface area contributed by atoms with Gasteiger partial charge in [0.05, 0.1) is 5.52 Å². The van der Waals surface area contributed by atoms with E-state index in [0.29, 0.717) is 0 Å². The minimum Gasteiger partial charge on any atom is -0.299 e. The van der Waals surface area contributed by atoms with E-state index in [9.17, 15) is 0 Å². The SMILES string of the molecule is c1ccc2c(c1)Cc1ccc3c4ccccc4n4ccnc4c3c1-2. The number of para-hydroxylation sites is 1. The average molecular weight is 306 g/mol. The van der Waals surface area contributed by atoms with Gasteiger partial charge in [-0.05, 0) is 40.1 Å². The number of pyridine rings is 1. The lowest BCUT2D eigenvalue weighted by Gasteiger charge is -2.12. The molecule has 0 saturated heterocycles. The third kappa shape index (κ3) is 1.39. The molecule has 0 saturated carbocycles. The quantitative estimate of drug-likeness (QED) is 0.352. The van der Waals surface area contributed by atoms with Gasteiger partial charge in [0.25, 0.3) is 0 Å². The molecule has 0 amide bonds. The Morgan fingerprint density at radius 2 is 1.67 bits per heavy atom. The Bertz CT molecular complexity index is 1280. The Morgan fingerprint density at radius 1 is 0.792 bits per heavy atom. The largest absolute Gasteiger partial charge is 0.299 e. The molecule has 0 spiro atoms. The molecule has 0 unspecified atom stereocenters. The van der Waals surface area contributed by atoms with E-state index >= 15 is 0 Å². The van der Waals surface area contributed by atoms with Crippen molar-refractivity contribution in [2.45, 2.75) is 6.42 Å². The maximum atomic E-state index is 4.71. The van der Waals surface area contributed by atoms with E-state index in [2.05, 4.69) is 71.3 Å². The van der Waals surface area contributed by atoms with Crippen molar-refractivity contribution < 1.29 is 0 Å². The molecular formula is C22H14N2. The molecule has 0 fully saturated rings. The Kier molecular flexibility index (Phi) is 2.17. The first kappa shape index (κ1) is 12.3. The predicted molar refractivity (Wildman–Crippen MR) is 98.4 cm³/mol. The summed E-state index contributed by atoms with van der Waals surface area (Å²) in [5, 5.41) is 3.85. The predicted octanol–water partition coefficient (Wildman–Crippen LogP) is 5.21. The molecule has 0 N–H and O–H groups in total. The van der Waals surface area contributed by atoms with Crippen LogP contribution in [0.2, 0.25) is 0 Å². The van der Waals surface area contributed by atoms with Crippen molar-refractivity contribution >= 4 is 27.3 Å². The fourth-order valence-electron chi connectivity index (χ4n) is 4.28. The summed E-state index contributed by atoms with van der Waals surface area (Å²) in [6, 6.07) is 21.9. The monoisotopic (exact) mass is 306 g/mol. The van der Waals surface area contributed by atoms with Crippen LogP contribution >= 0.6 is 0 Å². The van der Waals surface area contributed by atoms with Crippen LogP contribution in [0.3, 0.4) is 0 Å². The number of fused-ring (bicyclic) bond motifs is 10. The Labute approximate surface area is 139 Å². The van der Waals surface area contributed by atoms with Crippen LogP contribution in [0.4, 0.5) is 0 Å². The highest BCUT2D eigenvalue weighted by molar-refractivity contribution is 6.18. The summed E-state index contributed by atoms with van der Waals surface area (Å²) >= 11 is 0. The van der Waals surface area contributed by atoms with Gasteiger partial charge in [0.2, 0.25) is 0 Å². The van der Waals surface area contributed by atoms with Gasteiger partial charge in [-0.15, -0.1) is 0 Å². The smallest absolute Gasteiger partial charge is 0.145 e. The zero-order valence-corrected chi connectivity index (χ0v) is 13.0. The summed E-state index contributed by atoms with van der Waals surface area (Å²) < 4.78 is 2.22. The third-order valence-corrected chi connectivity index (χ3v) is 5.28. The maximum absolute atomic E-state index is 4.71. The van der Waals surface area contributed by atoms with Gasteiger partial charge in [0.1, 0.15) is 5.65 Å². The molecule has 24 heavy (non-hydrogen) atoms. The first-order chi connectivity index (χ1) is 11.9. The van der Waals surface area contributed by atoms with Crippen molar-refractivity contribution in [3.8, 4) is 11.1 Å². The number of hydrogen-bond donors (Lipinski definition) is 0. The minimum absolute atomic E-state index is 1.02. The van der Waals surface area contributed by atoms with E-state index in [1.165, 1.54) is 43.9 Å². The highest BCUT2D eigenvalue weighted by Crippen LogP contribution is 2.44. The van der Waals surface area contributed by atoms with Gasteiger partial charge in [-0.3, -0.25) is 4.40 Å². The second kappa shape index (κ2) is 4.24. The number of benzene rings is 3. The molecule has 0 aliphatic heterocycles. The van der Waals surface area contributed by atoms with Gasteiger partial charge in [0, 0.05) is 23.2 Å². The lowest BCUT2D eigenvalue weighted by Crippen LogP contribution is -1.93. The summed E-state index contributed by atoms with van der Waals surface area (Å²) in [6.45, 7) is 0. The van der Waals surface area contributed by atoms with Crippen molar-refractivity contribution in [1.82, 2.24) is 9.38 Å². The molecule has 0 bridgehead atoms. The highest BCUT2D eigenvalue weighted by Gasteiger charge is 2.23. The van der Waals surface area contributed by atoms with Crippen LogP contribution in [0, 0.1) is 0 Å². The summed E-state index contributed by atoms with van der Waals surface area (Å²) in [4.78, 5) is 4.71. The molecule has 2 nitrogen and oxygen atoms in total. The van der Waals surface area contributed by atoms with Crippen molar-refractivity contribution in [2.75, 3.05) is 0 Å². The van der Waals surface area contributed by atoms with E-state index in [0.717, 1.165) is 12.1 Å². The zero-order valence-electron chi connectivity index (χ0n) is 13.0. The molecule has 2 heteroatoms. The van der Waals surface area contributed by atoms with Crippen LogP contribution in [-0.2, 0) is 6.42 Å². The van der Waals surface area contributed by atoms with Crippen LogP contribution in [-0.4, -0.2) is 9.38 Å². The first-order valence-corrected chi connectivity index (χ1v) is 8.29. The number of hydrogen-bond acceptors (Lipinski definition) is 1. The van der Waals surface area contributed by atoms with E-state index in [4.69, 9.17) is 4.98 Å². The Balaban J connectivity index is 1.94. The van der Waals surface area contributed by atoms with Crippen molar-refractivity contribution in [3.05, 3.63) is 84.2 Å². The number of imidazole rings is 1. The molecule has 1 aliphatic rings. The zero-order chi connectivity index (χ0) is 15.7. The molecule has 2 heterocycles. The van der Waals surface area contributed by atoms with E-state index in [-0.39, 0.29) is 0 Å². The normalized spacial score (nSPS) is 12.8. The molecule has 6 rings (SSSR count). The molecule has 5 aromatic rings. The lowest BCUT2D eigenvalue weighted by molar-refractivity contribution is 1.26. The van der Waals surface area contributed by atoms with E-state index in [1.54, 1.807) is 0 Å². The second-order valence-electron chi connectivity index (χ2n) is 6.49. The van der Waals surface area contributed by atoms with Crippen LogP contribution in [0.25, 0.3) is 38.4 Å². The highest BCUT2D eigenvalue weighted by atomic mass is 15.0. The fourth-order valence-corrected chi connectivity index (χ4v) is 4.28. The van der Waals surface area contributed by atoms with Gasteiger partial charge < -0.3 is 0 Å². The molecule has 1 aliphatic carbocycles. The molecule has 112 valence electrons. The summed E-state index contributed by atoms with van der Waals surface area (Å²) in [5.74, 6) is 0. The van der Waals surface area contributed by atoms with Crippen LogP contribution < -0.4 is 0 Å². The van der Waals surface area contributed by atoms with Crippen molar-refractivity contribution in [1.29, 1.82) is 0 Å². The third-order valence-electron chi connectivity index (χ3n) is 5.28. The van der Waals surface area contributed by atoms with Crippen LogP contribution in [0.5, 0.6) is 0 Å². The first-order valence-electron chi connectivity index (χ1n) is 8.29. The molecule has 2 aromatic heterocycles. The van der Waals surface area contributed by atoms with Crippen LogP contribution in [0.15, 0.2) is 73.1 Å². The van der Waals surface area contributed by atoms with E-state index < -0.39 is 0 Å². The second-order valence-corrected chi connectivity index (χ2v) is 6.49. The van der Waals surface area contributed by atoms with E-state index in [1.807, 2.05) is 6.20 Å². The van der Waals surface area contributed by atoms with Crippen LogP contribution in [0.1, 0.15) is 11.1 Å². The number of rotatable bonds is 0. The van der Waals surface area contributed by atoms with Crippen molar-refractivity contribution in [2.24, 2.45) is 0 Å². The standard InChI is InChI=1S/C22H14N2/c1-2-6-16-14(5-1)13-15-9-10-18-17-7-3-4-8-19(17)24-12-11-23-22(24)21(18)20(15)16/h1-12H,13H2. The molecule has 0 atom stereocenters. The summed E-state index contributed by atoms with van der Waals surface area (Å²) in [6.07, 6.45) is 4.99. The molecule has 0 radical (unpaired) electrons. The van der Waals surface area contributed by atoms with Gasteiger partial charge in [-0.25, -0.2) is 4.98 Å². The number of nitrogens with zero attached hydrogens (tertiary/aromatic N) is 2. The van der Waals surface area contributed by atoms with Gasteiger partial charge in [-0.2, -0.15) is 0 Å². The van der Waals surface area contributed by atoms with Gasteiger partial charge in [0.15, 0.2) is 0 Å². The van der Waals surface area contributed by atoms with Crippen molar-refractivity contribution in [3.63, 3.8) is 0 Å². The lowest BCUT2D eigenvalue weighted by atomic mass is 9.96. The number of aromatic nitrogens is 2. The molecular weight excluding hydrogens is 292 g/mol. The summed E-state index contributed by atoms with van der Waals surface area (Å²) in [5.41, 5.74) is 7.81. The topological polar surface area (TPSA) is 17.3 Å². The molecule has 3 aromatic carbocycles. The minimum atomic E-state index is 1.02. The Hall–Kier alpha value is -3.13. The van der Waals surface area contributed by atoms with Gasteiger partial charge >= 0.3 is 0 Å². The average Bonchev–Trinajstić information content (AvgIpc) is 3.26.